The first kappa shape index (κ1) is 14.8. The summed E-state index contributed by atoms with van der Waals surface area (Å²) < 4.78 is 5.75. The molecule has 20 heavy (non-hydrogen) atoms. The molecule has 2 rings (SSSR count). The largest absolute Gasteiger partial charge is 0.492 e. The molecule has 1 saturated heterocycles. The van der Waals surface area contributed by atoms with E-state index < -0.39 is 0 Å². The van der Waals surface area contributed by atoms with Gasteiger partial charge in [0.05, 0.1) is 0 Å². The average molecular weight is 276 g/mol. The van der Waals surface area contributed by atoms with E-state index in [0.717, 1.165) is 37.5 Å². The van der Waals surface area contributed by atoms with Gasteiger partial charge < -0.3 is 15.4 Å². The van der Waals surface area contributed by atoms with Crippen molar-refractivity contribution in [3.05, 3.63) is 29.8 Å². The second-order valence-electron chi connectivity index (χ2n) is 5.43. The van der Waals surface area contributed by atoms with E-state index in [4.69, 9.17) is 15.9 Å². The Labute approximate surface area is 120 Å². The fraction of sp³-hybridized carbons (Fsp3) is 0.533. The van der Waals surface area contributed by atoms with Crippen LogP contribution in [0.1, 0.15) is 12.5 Å². The third kappa shape index (κ3) is 3.95. The first-order valence-corrected chi connectivity index (χ1v) is 7.06. The Hall–Kier alpha value is -1.59. The van der Waals surface area contributed by atoms with Gasteiger partial charge in [-0.1, -0.05) is 0 Å². The van der Waals surface area contributed by atoms with Crippen LogP contribution in [0.2, 0.25) is 0 Å². The summed E-state index contributed by atoms with van der Waals surface area (Å²) in [6.07, 6.45) is 0. The highest BCUT2D eigenvalue weighted by Gasteiger charge is 2.20. The van der Waals surface area contributed by atoms with E-state index in [1.54, 1.807) is 0 Å². The molecule has 1 fully saturated rings. The van der Waals surface area contributed by atoms with E-state index in [0.29, 0.717) is 12.6 Å². The second-order valence-corrected chi connectivity index (χ2v) is 5.43. The quantitative estimate of drug-likeness (QED) is 0.621. The van der Waals surface area contributed by atoms with Crippen LogP contribution in [0, 0.1) is 5.41 Å². The normalized spacial score (nSPS) is 20.8. The molecule has 3 N–H and O–H groups in total. The zero-order chi connectivity index (χ0) is 14.5. The van der Waals surface area contributed by atoms with E-state index in [-0.39, 0.29) is 5.84 Å². The molecule has 110 valence electrons. The minimum absolute atomic E-state index is 0.0859. The van der Waals surface area contributed by atoms with Crippen LogP contribution in [-0.4, -0.2) is 61.5 Å². The average Bonchev–Trinajstić information content (AvgIpc) is 2.42. The van der Waals surface area contributed by atoms with Crippen LogP contribution in [0.25, 0.3) is 0 Å². The molecule has 1 aromatic rings. The summed E-state index contributed by atoms with van der Waals surface area (Å²) >= 11 is 0. The number of nitrogens with two attached hydrogens (primary N) is 1. The van der Waals surface area contributed by atoms with Gasteiger partial charge in [0.2, 0.25) is 0 Å². The Morgan fingerprint density at radius 1 is 1.35 bits per heavy atom. The topological polar surface area (TPSA) is 65.6 Å². The fourth-order valence-corrected chi connectivity index (χ4v) is 2.52. The Kier molecular flexibility index (Phi) is 4.98. The van der Waals surface area contributed by atoms with Gasteiger partial charge in [-0.2, -0.15) is 0 Å². The number of nitrogens with zero attached hydrogens (tertiary/aromatic N) is 2. The summed E-state index contributed by atoms with van der Waals surface area (Å²) in [5, 5.41) is 7.34. The smallest absolute Gasteiger partial charge is 0.122 e. The zero-order valence-corrected chi connectivity index (χ0v) is 12.3. The number of benzene rings is 1. The lowest BCUT2D eigenvalue weighted by atomic mass is 10.2. The van der Waals surface area contributed by atoms with E-state index in [1.165, 1.54) is 0 Å². The SMILES string of the molecule is CC1CN(C)CCN1CCOc1ccc(C(=N)N)cc1. The molecule has 0 amide bonds. The lowest BCUT2D eigenvalue weighted by Crippen LogP contribution is -2.51. The highest BCUT2D eigenvalue weighted by atomic mass is 16.5. The zero-order valence-electron chi connectivity index (χ0n) is 12.3. The number of amidine groups is 1. The maximum atomic E-state index is 7.34. The molecule has 1 heterocycles. The number of ether oxygens (including phenoxy) is 1. The van der Waals surface area contributed by atoms with Gasteiger partial charge in [0, 0.05) is 37.8 Å². The minimum atomic E-state index is 0.0859. The highest BCUT2D eigenvalue weighted by molar-refractivity contribution is 5.94. The van der Waals surface area contributed by atoms with Crippen molar-refractivity contribution in [2.24, 2.45) is 5.73 Å². The van der Waals surface area contributed by atoms with Crippen LogP contribution in [0.3, 0.4) is 0 Å². The Bertz CT molecular complexity index is 446. The van der Waals surface area contributed by atoms with E-state index in [2.05, 4.69) is 23.8 Å². The molecule has 0 saturated carbocycles. The predicted octanol–water partition coefficient (Wildman–Crippen LogP) is 0.985. The molecular weight excluding hydrogens is 252 g/mol. The summed E-state index contributed by atoms with van der Waals surface area (Å²) in [5.41, 5.74) is 6.15. The summed E-state index contributed by atoms with van der Waals surface area (Å²) in [7, 11) is 2.17. The van der Waals surface area contributed by atoms with Crippen LogP contribution in [0.15, 0.2) is 24.3 Å². The highest BCUT2D eigenvalue weighted by Crippen LogP contribution is 2.12. The maximum Gasteiger partial charge on any atom is 0.122 e. The number of nitrogens with one attached hydrogen (secondary N) is 1. The molecular formula is C15H24N4O. The maximum absolute atomic E-state index is 7.34. The van der Waals surface area contributed by atoms with Gasteiger partial charge in [-0.15, -0.1) is 0 Å². The molecule has 0 radical (unpaired) electrons. The number of piperazine rings is 1. The van der Waals surface area contributed by atoms with Crippen LogP contribution in [0.5, 0.6) is 5.75 Å². The fourth-order valence-electron chi connectivity index (χ4n) is 2.52. The minimum Gasteiger partial charge on any atom is -0.492 e. The summed E-state index contributed by atoms with van der Waals surface area (Å²) in [4.78, 5) is 4.83. The van der Waals surface area contributed by atoms with Crippen molar-refractivity contribution in [3.8, 4) is 5.75 Å². The summed E-state index contributed by atoms with van der Waals surface area (Å²) in [5.74, 6) is 0.916. The molecule has 5 heteroatoms. The van der Waals surface area contributed by atoms with Gasteiger partial charge >= 0.3 is 0 Å². The predicted molar refractivity (Wildman–Crippen MR) is 81.5 cm³/mol. The lowest BCUT2D eigenvalue weighted by molar-refractivity contribution is 0.0858. The Morgan fingerprint density at radius 3 is 2.65 bits per heavy atom. The number of hydrogen-bond acceptors (Lipinski definition) is 4. The molecule has 1 unspecified atom stereocenters. The Balaban J connectivity index is 1.76. The van der Waals surface area contributed by atoms with Crippen molar-refractivity contribution in [1.29, 1.82) is 5.41 Å². The van der Waals surface area contributed by atoms with Crippen molar-refractivity contribution in [1.82, 2.24) is 9.80 Å². The molecule has 1 aromatic carbocycles. The number of likely N-dealkylation sites (N-methyl/N-ethyl adjacent to an activating group) is 1. The molecule has 0 aliphatic carbocycles. The summed E-state index contributed by atoms with van der Waals surface area (Å²) in [6.45, 7) is 7.24. The molecule has 0 bridgehead atoms. The van der Waals surface area contributed by atoms with Crippen molar-refractivity contribution in [2.45, 2.75) is 13.0 Å². The number of rotatable bonds is 5. The van der Waals surface area contributed by atoms with Crippen molar-refractivity contribution >= 4 is 5.84 Å². The van der Waals surface area contributed by atoms with E-state index in [1.807, 2.05) is 24.3 Å². The Morgan fingerprint density at radius 2 is 2.05 bits per heavy atom. The molecule has 0 spiro atoms. The lowest BCUT2D eigenvalue weighted by Gasteiger charge is -2.38. The first-order valence-electron chi connectivity index (χ1n) is 7.06. The van der Waals surface area contributed by atoms with E-state index in [9.17, 15) is 0 Å². The first-order chi connectivity index (χ1) is 9.56. The number of nitrogen functional groups attached to an aromatic ring is 1. The monoisotopic (exact) mass is 276 g/mol. The second kappa shape index (κ2) is 6.72. The van der Waals surface area contributed by atoms with Gasteiger partial charge in [0.1, 0.15) is 18.2 Å². The van der Waals surface area contributed by atoms with Gasteiger partial charge in [0.15, 0.2) is 0 Å². The van der Waals surface area contributed by atoms with Gasteiger partial charge in [-0.25, -0.2) is 0 Å². The van der Waals surface area contributed by atoms with Crippen LogP contribution in [0.4, 0.5) is 0 Å². The van der Waals surface area contributed by atoms with Crippen molar-refractivity contribution in [2.75, 3.05) is 39.8 Å². The van der Waals surface area contributed by atoms with Crippen LogP contribution < -0.4 is 10.5 Å². The third-order valence-electron chi connectivity index (χ3n) is 3.78. The van der Waals surface area contributed by atoms with Crippen LogP contribution in [-0.2, 0) is 0 Å². The van der Waals surface area contributed by atoms with Crippen molar-refractivity contribution in [3.63, 3.8) is 0 Å². The van der Waals surface area contributed by atoms with Gasteiger partial charge in [-0.3, -0.25) is 10.3 Å². The molecule has 1 aliphatic rings. The van der Waals surface area contributed by atoms with E-state index >= 15 is 0 Å². The van der Waals surface area contributed by atoms with Crippen LogP contribution >= 0.6 is 0 Å². The van der Waals surface area contributed by atoms with Gasteiger partial charge in [-0.05, 0) is 38.2 Å². The third-order valence-corrected chi connectivity index (χ3v) is 3.78. The molecule has 1 atom stereocenters. The van der Waals surface area contributed by atoms with Crippen molar-refractivity contribution < 1.29 is 4.74 Å². The summed E-state index contributed by atoms with van der Waals surface area (Å²) in [6, 6.07) is 7.94. The van der Waals surface area contributed by atoms with Gasteiger partial charge in [0.25, 0.3) is 0 Å². The molecule has 0 aromatic heterocycles. The molecule has 5 nitrogen and oxygen atoms in total. The number of hydrogen-bond donors (Lipinski definition) is 2. The standard InChI is InChI=1S/C15H24N4O/c1-12-11-18(2)7-8-19(12)9-10-20-14-5-3-13(4-6-14)15(16)17/h3-6,12H,7-11H2,1-2H3,(H3,16,17). The molecule has 1 aliphatic heterocycles.